The van der Waals surface area contributed by atoms with Crippen LogP contribution in [0, 0.1) is 6.92 Å². The Kier molecular flexibility index (Phi) is 5.83. The molecule has 0 aliphatic carbocycles. The van der Waals surface area contributed by atoms with Gasteiger partial charge in [0.1, 0.15) is 5.75 Å². The number of nitrogens with zero attached hydrogens (tertiary/aromatic N) is 1. The fourth-order valence-electron chi connectivity index (χ4n) is 2.04. The van der Waals surface area contributed by atoms with E-state index in [2.05, 4.69) is 0 Å². The Morgan fingerprint density at radius 3 is 2.35 bits per heavy atom. The van der Waals surface area contributed by atoms with E-state index in [9.17, 15) is 13.2 Å². The van der Waals surface area contributed by atoms with Crippen LogP contribution in [-0.2, 0) is 17.5 Å². The van der Waals surface area contributed by atoms with Crippen LogP contribution in [0.4, 0.5) is 13.2 Å². The number of hydrogen-bond acceptors (Lipinski definition) is 3. The highest BCUT2D eigenvalue weighted by atomic mass is 19.4. The van der Waals surface area contributed by atoms with Crippen LogP contribution in [0.2, 0.25) is 0 Å². The molecule has 0 fully saturated rings. The van der Waals surface area contributed by atoms with Crippen LogP contribution in [-0.4, -0.2) is 39.3 Å². The summed E-state index contributed by atoms with van der Waals surface area (Å²) in [5.74, 6) is 0.502. The highest BCUT2D eigenvalue weighted by Crippen LogP contribution is 2.35. The number of aryl methyl sites for hydroxylation is 1. The van der Waals surface area contributed by atoms with E-state index in [1.165, 1.54) is 7.11 Å². The molecule has 1 aromatic carbocycles. The Hall–Kier alpha value is -1.27. The molecule has 0 aliphatic rings. The number of rotatable bonds is 6. The van der Waals surface area contributed by atoms with Gasteiger partial charge >= 0.3 is 6.18 Å². The highest BCUT2D eigenvalue weighted by Gasteiger charge is 2.32. The van der Waals surface area contributed by atoms with Gasteiger partial charge in [0.2, 0.25) is 0 Å². The van der Waals surface area contributed by atoms with E-state index >= 15 is 0 Å². The third kappa shape index (κ3) is 4.38. The van der Waals surface area contributed by atoms with Gasteiger partial charge in [0.15, 0.2) is 0 Å². The molecular weight excluding hydrogens is 271 g/mol. The van der Waals surface area contributed by atoms with Crippen LogP contribution in [0.1, 0.15) is 16.7 Å². The van der Waals surface area contributed by atoms with Gasteiger partial charge in [0.25, 0.3) is 0 Å². The first-order valence-electron chi connectivity index (χ1n) is 6.21. The fraction of sp³-hybridized carbons (Fsp3) is 0.571. The van der Waals surface area contributed by atoms with Crippen molar-refractivity contribution >= 4 is 0 Å². The molecule has 1 aromatic rings. The lowest BCUT2D eigenvalue weighted by atomic mass is 10.0. The molecule has 6 heteroatoms. The standard InChI is InChI=1S/C14H20F3NO2/c1-10-7-12(14(15,16)17)8-11(13(10)20-4)9-18(2)5-6-19-3/h7-8H,5-6,9H2,1-4H3. The average Bonchev–Trinajstić information content (AvgIpc) is 2.35. The van der Waals surface area contributed by atoms with Gasteiger partial charge in [0, 0.05) is 25.8 Å². The number of ether oxygens (including phenoxy) is 2. The number of likely N-dealkylation sites (N-methyl/N-ethyl adjacent to an activating group) is 1. The largest absolute Gasteiger partial charge is 0.496 e. The molecule has 0 radical (unpaired) electrons. The van der Waals surface area contributed by atoms with Gasteiger partial charge in [-0.05, 0) is 31.7 Å². The van der Waals surface area contributed by atoms with Crippen molar-refractivity contribution < 1.29 is 22.6 Å². The van der Waals surface area contributed by atoms with Crippen LogP contribution < -0.4 is 4.74 Å². The van der Waals surface area contributed by atoms with Gasteiger partial charge in [0.05, 0.1) is 19.3 Å². The highest BCUT2D eigenvalue weighted by molar-refractivity contribution is 5.45. The summed E-state index contributed by atoms with van der Waals surface area (Å²) in [6, 6.07) is 2.26. The predicted octanol–water partition coefficient (Wildman–Crippen LogP) is 3.10. The second kappa shape index (κ2) is 6.95. The second-order valence-electron chi connectivity index (χ2n) is 4.71. The summed E-state index contributed by atoms with van der Waals surface area (Å²) in [4.78, 5) is 1.89. The molecule has 0 saturated carbocycles. The van der Waals surface area contributed by atoms with Crippen molar-refractivity contribution in [3.63, 3.8) is 0 Å². The molecule has 0 unspecified atom stereocenters. The summed E-state index contributed by atoms with van der Waals surface area (Å²) in [5.41, 5.74) is 0.363. The Labute approximate surface area is 117 Å². The van der Waals surface area contributed by atoms with E-state index < -0.39 is 11.7 Å². The lowest BCUT2D eigenvalue weighted by Crippen LogP contribution is -2.23. The molecule has 0 spiro atoms. The van der Waals surface area contributed by atoms with E-state index in [0.717, 1.165) is 12.1 Å². The van der Waals surface area contributed by atoms with Crippen molar-refractivity contribution in [1.82, 2.24) is 4.90 Å². The lowest BCUT2D eigenvalue weighted by Gasteiger charge is -2.20. The van der Waals surface area contributed by atoms with Crippen molar-refractivity contribution in [3.05, 3.63) is 28.8 Å². The zero-order valence-electron chi connectivity index (χ0n) is 12.2. The predicted molar refractivity (Wildman–Crippen MR) is 70.9 cm³/mol. The van der Waals surface area contributed by atoms with E-state index in [1.807, 2.05) is 11.9 Å². The molecule has 0 aliphatic heterocycles. The Balaban J connectivity index is 3.06. The Morgan fingerprint density at radius 2 is 1.85 bits per heavy atom. The summed E-state index contributed by atoms with van der Waals surface area (Å²) in [6.45, 7) is 3.15. The fourth-order valence-corrected chi connectivity index (χ4v) is 2.04. The van der Waals surface area contributed by atoms with Crippen molar-refractivity contribution in [3.8, 4) is 5.75 Å². The molecule has 0 bridgehead atoms. The van der Waals surface area contributed by atoms with Gasteiger partial charge in [-0.15, -0.1) is 0 Å². The minimum atomic E-state index is -4.35. The molecule has 0 saturated heterocycles. The van der Waals surface area contributed by atoms with Crippen LogP contribution in [0.25, 0.3) is 0 Å². The third-order valence-corrected chi connectivity index (χ3v) is 3.00. The molecule has 0 N–H and O–H groups in total. The molecule has 0 amide bonds. The SMILES string of the molecule is COCCN(C)Cc1cc(C(F)(F)F)cc(C)c1OC. The van der Waals surface area contributed by atoms with E-state index in [1.54, 1.807) is 14.0 Å². The first-order valence-corrected chi connectivity index (χ1v) is 6.21. The summed E-state index contributed by atoms with van der Waals surface area (Å²) in [6.07, 6.45) is -4.35. The van der Waals surface area contributed by atoms with Crippen molar-refractivity contribution in [1.29, 1.82) is 0 Å². The first-order chi connectivity index (χ1) is 9.29. The smallest absolute Gasteiger partial charge is 0.416 e. The topological polar surface area (TPSA) is 21.7 Å². The summed E-state index contributed by atoms with van der Waals surface area (Å²) < 4.78 is 48.7. The average molecular weight is 291 g/mol. The van der Waals surface area contributed by atoms with Crippen molar-refractivity contribution in [2.45, 2.75) is 19.6 Å². The molecule has 0 heterocycles. The maximum atomic E-state index is 12.8. The van der Waals surface area contributed by atoms with Gasteiger partial charge in [-0.3, -0.25) is 4.90 Å². The van der Waals surface area contributed by atoms with Gasteiger partial charge in [-0.1, -0.05) is 0 Å². The number of methoxy groups -OCH3 is 2. The first kappa shape index (κ1) is 16.8. The van der Waals surface area contributed by atoms with Crippen molar-refractivity contribution in [2.75, 3.05) is 34.4 Å². The lowest BCUT2D eigenvalue weighted by molar-refractivity contribution is -0.137. The number of benzene rings is 1. The quantitative estimate of drug-likeness (QED) is 0.804. The van der Waals surface area contributed by atoms with E-state index in [4.69, 9.17) is 9.47 Å². The number of hydrogen-bond donors (Lipinski definition) is 0. The van der Waals surface area contributed by atoms with Crippen LogP contribution in [0.15, 0.2) is 12.1 Å². The molecule has 20 heavy (non-hydrogen) atoms. The molecule has 1 rings (SSSR count). The summed E-state index contributed by atoms with van der Waals surface area (Å²) >= 11 is 0. The number of alkyl halides is 3. The van der Waals surface area contributed by atoms with Crippen LogP contribution in [0.3, 0.4) is 0 Å². The monoisotopic (exact) mass is 291 g/mol. The van der Waals surface area contributed by atoms with E-state index in [-0.39, 0.29) is 0 Å². The van der Waals surface area contributed by atoms with Crippen LogP contribution in [0.5, 0.6) is 5.75 Å². The third-order valence-electron chi connectivity index (χ3n) is 3.00. The molecule has 3 nitrogen and oxygen atoms in total. The van der Waals surface area contributed by atoms with Gasteiger partial charge in [-0.25, -0.2) is 0 Å². The van der Waals surface area contributed by atoms with Crippen LogP contribution >= 0.6 is 0 Å². The maximum absolute atomic E-state index is 12.8. The normalized spacial score (nSPS) is 12.0. The molecule has 114 valence electrons. The zero-order chi connectivity index (χ0) is 15.3. The van der Waals surface area contributed by atoms with Crippen molar-refractivity contribution in [2.24, 2.45) is 0 Å². The van der Waals surface area contributed by atoms with Gasteiger partial charge < -0.3 is 9.47 Å². The summed E-state index contributed by atoms with van der Waals surface area (Å²) in [5, 5.41) is 0. The minimum absolute atomic E-state index is 0.372. The van der Waals surface area contributed by atoms with Gasteiger partial charge in [-0.2, -0.15) is 13.2 Å². The molecule has 0 atom stereocenters. The Morgan fingerprint density at radius 1 is 1.20 bits per heavy atom. The Bertz CT molecular complexity index is 447. The summed E-state index contributed by atoms with van der Waals surface area (Å²) in [7, 11) is 4.88. The number of halogens is 3. The zero-order valence-corrected chi connectivity index (χ0v) is 12.2. The molecule has 0 aromatic heterocycles. The molecular formula is C14H20F3NO2. The maximum Gasteiger partial charge on any atom is 0.416 e. The minimum Gasteiger partial charge on any atom is -0.496 e. The second-order valence-corrected chi connectivity index (χ2v) is 4.71. The van der Waals surface area contributed by atoms with E-state index in [0.29, 0.717) is 36.6 Å².